The van der Waals surface area contributed by atoms with Crippen molar-refractivity contribution in [3.8, 4) is 11.4 Å². The summed E-state index contributed by atoms with van der Waals surface area (Å²) in [6, 6.07) is 2.29. The molecule has 0 spiro atoms. The van der Waals surface area contributed by atoms with Crippen molar-refractivity contribution in [2.75, 3.05) is 26.4 Å². The number of likely N-dealkylation sites (tertiary alicyclic amines) is 1. The summed E-state index contributed by atoms with van der Waals surface area (Å²) in [7, 11) is 0.976. The molecule has 112 valence electrons. The fraction of sp³-hybridized carbons (Fsp3) is 0.500. The van der Waals surface area contributed by atoms with Crippen LogP contribution in [0.4, 0.5) is 0 Å². The lowest BCUT2D eigenvalue weighted by molar-refractivity contribution is 0.222. The Bertz CT molecular complexity index is 648. The summed E-state index contributed by atoms with van der Waals surface area (Å²) in [4.78, 5) is 15.1. The lowest BCUT2D eigenvalue weighted by Gasteiger charge is -2.30. The zero-order valence-corrected chi connectivity index (χ0v) is 13.1. The minimum atomic E-state index is -1.18. The molecular weight excluding hydrogens is 286 g/mol. The van der Waals surface area contributed by atoms with Crippen LogP contribution in [0, 0.1) is 0 Å². The highest BCUT2D eigenvalue weighted by molar-refractivity contribution is 7.84. The van der Waals surface area contributed by atoms with E-state index in [0.29, 0.717) is 11.2 Å². The predicted molar refractivity (Wildman–Crippen MR) is 81.4 cm³/mol. The molecule has 0 aliphatic carbocycles. The molecule has 0 N–H and O–H groups in total. The molecular formula is C14H19N5OS. The van der Waals surface area contributed by atoms with Crippen LogP contribution in [0.2, 0.25) is 0 Å². The van der Waals surface area contributed by atoms with E-state index in [9.17, 15) is 4.21 Å². The number of aromatic nitrogens is 4. The first-order valence-electron chi connectivity index (χ1n) is 7.02. The first-order valence-corrected chi connectivity index (χ1v) is 8.58. The van der Waals surface area contributed by atoms with Gasteiger partial charge in [-0.25, -0.2) is 15.0 Å². The number of piperidine rings is 1. The van der Waals surface area contributed by atoms with Gasteiger partial charge in [0.1, 0.15) is 0 Å². The Balaban J connectivity index is 1.92. The van der Waals surface area contributed by atoms with Gasteiger partial charge in [0.2, 0.25) is 5.16 Å². The summed E-state index contributed by atoms with van der Waals surface area (Å²) in [5.74, 6) is 0. The third-order valence-corrected chi connectivity index (χ3v) is 4.61. The van der Waals surface area contributed by atoms with Crippen LogP contribution in [-0.4, -0.2) is 55.0 Å². The van der Waals surface area contributed by atoms with Crippen LogP contribution in [0.25, 0.3) is 11.4 Å². The molecule has 3 rings (SSSR count). The first-order chi connectivity index (χ1) is 10.1. The Morgan fingerprint density at radius 3 is 2.81 bits per heavy atom. The van der Waals surface area contributed by atoms with E-state index in [2.05, 4.69) is 31.5 Å². The topological polar surface area (TPSA) is 63.9 Å². The molecule has 0 amide bonds. The third kappa shape index (κ3) is 3.03. The van der Waals surface area contributed by atoms with E-state index in [4.69, 9.17) is 0 Å². The van der Waals surface area contributed by atoms with Gasteiger partial charge in [-0.05, 0) is 39.0 Å². The maximum Gasteiger partial charge on any atom is 0.218 e. The van der Waals surface area contributed by atoms with Crippen LogP contribution in [0.1, 0.15) is 18.9 Å². The minimum Gasteiger partial charge on any atom is -0.326 e. The van der Waals surface area contributed by atoms with E-state index in [1.54, 1.807) is 12.5 Å². The van der Waals surface area contributed by atoms with Gasteiger partial charge in [-0.2, -0.15) is 0 Å². The van der Waals surface area contributed by atoms with Crippen molar-refractivity contribution in [1.82, 2.24) is 24.4 Å². The van der Waals surface area contributed by atoms with Crippen molar-refractivity contribution in [3.63, 3.8) is 0 Å². The molecule has 0 bridgehead atoms. The smallest absolute Gasteiger partial charge is 0.218 e. The quantitative estimate of drug-likeness (QED) is 0.801. The lowest BCUT2D eigenvalue weighted by Crippen LogP contribution is -2.31. The molecule has 0 saturated carbocycles. The highest BCUT2D eigenvalue weighted by Gasteiger charge is 2.21. The molecule has 6 nitrogen and oxygen atoms in total. The fourth-order valence-corrected chi connectivity index (χ4v) is 3.13. The van der Waals surface area contributed by atoms with Gasteiger partial charge < -0.3 is 9.47 Å². The van der Waals surface area contributed by atoms with E-state index in [1.165, 1.54) is 0 Å². The van der Waals surface area contributed by atoms with Crippen molar-refractivity contribution < 1.29 is 4.21 Å². The normalized spacial score (nSPS) is 18.8. The highest BCUT2D eigenvalue weighted by atomic mass is 32.2. The van der Waals surface area contributed by atoms with Crippen LogP contribution in [0.3, 0.4) is 0 Å². The van der Waals surface area contributed by atoms with Crippen LogP contribution >= 0.6 is 0 Å². The number of rotatable bonds is 3. The number of hydrogen-bond donors (Lipinski definition) is 0. The molecule has 1 unspecified atom stereocenters. The molecule has 3 heterocycles. The van der Waals surface area contributed by atoms with Gasteiger partial charge in [0.25, 0.3) is 0 Å². The van der Waals surface area contributed by atoms with Crippen LogP contribution in [0.15, 0.2) is 29.9 Å². The summed E-state index contributed by atoms with van der Waals surface area (Å²) in [6.45, 7) is 2.19. The van der Waals surface area contributed by atoms with Crippen molar-refractivity contribution in [3.05, 3.63) is 24.8 Å². The summed E-state index contributed by atoms with van der Waals surface area (Å²) in [5.41, 5.74) is 1.75. The van der Waals surface area contributed by atoms with E-state index >= 15 is 0 Å². The second kappa shape index (κ2) is 6.03. The molecule has 2 aromatic rings. The fourth-order valence-electron chi connectivity index (χ4n) is 2.69. The van der Waals surface area contributed by atoms with Gasteiger partial charge in [-0.3, -0.25) is 4.21 Å². The average Bonchev–Trinajstić information content (AvgIpc) is 2.97. The molecule has 1 atom stereocenters. The standard InChI is InChI=1S/C14H19N5OS/c1-18-7-4-11(5-8-18)19-10-15-9-13(19)12-3-6-16-14(17-12)21(2)20/h3,6,9-11H,4-5,7-8H2,1-2H3. The number of imidazole rings is 1. The third-order valence-electron chi connectivity index (χ3n) is 3.90. The summed E-state index contributed by atoms with van der Waals surface area (Å²) < 4.78 is 13.7. The average molecular weight is 305 g/mol. The minimum absolute atomic E-state index is 0.364. The number of nitrogens with zero attached hydrogens (tertiary/aromatic N) is 5. The lowest BCUT2D eigenvalue weighted by atomic mass is 10.0. The second-order valence-electron chi connectivity index (χ2n) is 5.40. The van der Waals surface area contributed by atoms with Crippen LogP contribution in [0.5, 0.6) is 0 Å². The van der Waals surface area contributed by atoms with Crippen molar-refractivity contribution in [1.29, 1.82) is 0 Å². The van der Waals surface area contributed by atoms with E-state index in [1.807, 2.05) is 18.6 Å². The second-order valence-corrected chi connectivity index (χ2v) is 6.67. The molecule has 2 aromatic heterocycles. The van der Waals surface area contributed by atoms with E-state index in [-0.39, 0.29) is 0 Å². The highest BCUT2D eigenvalue weighted by Crippen LogP contribution is 2.27. The zero-order valence-electron chi connectivity index (χ0n) is 12.3. The van der Waals surface area contributed by atoms with Crippen LogP contribution < -0.4 is 0 Å². The molecule has 1 saturated heterocycles. The van der Waals surface area contributed by atoms with Gasteiger partial charge in [0, 0.05) is 18.5 Å². The number of hydrogen-bond acceptors (Lipinski definition) is 5. The van der Waals surface area contributed by atoms with Crippen molar-refractivity contribution in [2.45, 2.75) is 24.0 Å². The molecule has 7 heteroatoms. The molecule has 1 aliphatic heterocycles. The van der Waals surface area contributed by atoms with Gasteiger partial charge in [0.05, 0.1) is 34.7 Å². The predicted octanol–water partition coefficient (Wildman–Crippen LogP) is 1.34. The Hall–Kier alpha value is -1.60. The van der Waals surface area contributed by atoms with Gasteiger partial charge in [-0.1, -0.05) is 0 Å². The Labute approximate surface area is 126 Å². The van der Waals surface area contributed by atoms with Gasteiger partial charge >= 0.3 is 0 Å². The maximum absolute atomic E-state index is 11.5. The summed E-state index contributed by atoms with van der Waals surface area (Å²) >= 11 is 0. The van der Waals surface area contributed by atoms with E-state index < -0.39 is 10.8 Å². The first kappa shape index (κ1) is 14.3. The monoisotopic (exact) mass is 305 g/mol. The largest absolute Gasteiger partial charge is 0.326 e. The molecule has 1 aliphatic rings. The molecule has 0 aromatic carbocycles. The molecule has 1 fully saturated rings. The molecule has 21 heavy (non-hydrogen) atoms. The maximum atomic E-state index is 11.5. The van der Waals surface area contributed by atoms with Crippen LogP contribution in [-0.2, 0) is 10.8 Å². The van der Waals surface area contributed by atoms with E-state index in [0.717, 1.165) is 37.3 Å². The van der Waals surface area contributed by atoms with Crippen molar-refractivity contribution in [2.24, 2.45) is 0 Å². The molecule has 0 radical (unpaired) electrons. The Kier molecular flexibility index (Phi) is 4.12. The Morgan fingerprint density at radius 2 is 2.10 bits per heavy atom. The summed E-state index contributed by atoms with van der Waals surface area (Å²) in [6.07, 6.45) is 9.16. The SMILES string of the molecule is CN1CCC(n2cncc2-c2ccnc(S(C)=O)n2)CC1. The van der Waals surface area contributed by atoms with Gasteiger partial charge in [-0.15, -0.1) is 0 Å². The zero-order chi connectivity index (χ0) is 14.8. The summed E-state index contributed by atoms with van der Waals surface area (Å²) in [5, 5.41) is 0.364. The van der Waals surface area contributed by atoms with Gasteiger partial charge in [0.15, 0.2) is 0 Å². The van der Waals surface area contributed by atoms with Crippen molar-refractivity contribution >= 4 is 10.8 Å². The Morgan fingerprint density at radius 1 is 1.33 bits per heavy atom.